The second-order valence-electron chi connectivity index (χ2n) is 8.06. The van der Waals surface area contributed by atoms with Gasteiger partial charge in [0.25, 0.3) is 11.5 Å². The molecule has 1 fully saturated rings. The van der Waals surface area contributed by atoms with Crippen LogP contribution in [0.5, 0.6) is 0 Å². The topological polar surface area (TPSA) is 70.5 Å². The average Bonchev–Trinajstić information content (AvgIpc) is 2.83. The Hall–Kier alpha value is -3.29. The van der Waals surface area contributed by atoms with Gasteiger partial charge < -0.3 is 5.32 Å². The Bertz CT molecular complexity index is 1060. The van der Waals surface area contributed by atoms with Gasteiger partial charge in [-0.3, -0.25) is 19.4 Å². The van der Waals surface area contributed by atoms with Crippen molar-refractivity contribution in [1.29, 1.82) is 0 Å². The van der Waals surface area contributed by atoms with Crippen LogP contribution in [-0.4, -0.2) is 64.8 Å². The van der Waals surface area contributed by atoms with Crippen LogP contribution < -0.4 is 10.9 Å². The fourth-order valence-corrected chi connectivity index (χ4v) is 3.87. The summed E-state index contributed by atoms with van der Waals surface area (Å²) in [6.45, 7) is 6.70. The molecule has 0 aliphatic carbocycles. The maximum Gasteiger partial charge on any atom is 0.271 e. The molecule has 0 spiro atoms. The number of carbonyl (C=O) groups excluding carboxylic acids is 1. The van der Waals surface area contributed by atoms with E-state index < -0.39 is 0 Å². The number of nitrogens with one attached hydrogen (secondary N) is 1. The largest absolute Gasteiger partial charge is 0.349 e. The highest BCUT2D eigenvalue weighted by molar-refractivity contribution is 5.91. The summed E-state index contributed by atoms with van der Waals surface area (Å²) in [4.78, 5) is 29.5. The monoisotopic (exact) mass is 431 g/mol. The SMILES string of the molecule is O=C(NCCN1CCN(Cc2ccccc2)CC1)c1ccc(=O)n(Cc2ccccc2)n1. The van der Waals surface area contributed by atoms with Crippen molar-refractivity contribution in [2.75, 3.05) is 39.3 Å². The first kappa shape index (κ1) is 21.9. The van der Waals surface area contributed by atoms with Crippen molar-refractivity contribution < 1.29 is 4.79 Å². The van der Waals surface area contributed by atoms with Gasteiger partial charge in [0.15, 0.2) is 0 Å². The Morgan fingerprint density at radius 1 is 0.781 bits per heavy atom. The molecule has 1 aliphatic rings. The van der Waals surface area contributed by atoms with Gasteiger partial charge in [-0.05, 0) is 17.2 Å². The van der Waals surface area contributed by atoms with E-state index in [1.165, 1.54) is 22.4 Å². The molecule has 7 nitrogen and oxygen atoms in total. The number of hydrogen-bond acceptors (Lipinski definition) is 5. The molecular formula is C25H29N5O2. The summed E-state index contributed by atoms with van der Waals surface area (Å²) >= 11 is 0. The van der Waals surface area contributed by atoms with Crippen molar-refractivity contribution in [3.8, 4) is 0 Å². The number of aromatic nitrogens is 2. The molecule has 3 aromatic rings. The molecule has 0 bridgehead atoms. The van der Waals surface area contributed by atoms with Gasteiger partial charge in [0.1, 0.15) is 5.69 Å². The summed E-state index contributed by atoms with van der Waals surface area (Å²) in [5.41, 5.74) is 2.34. The lowest BCUT2D eigenvalue weighted by Gasteiger charge is -2.34. The zero-order valence-corrected chi connectivity index (χ0v) is 18.2. The van der Waals surface area contributed by atoms with Gasteiger partial charge in [-0.1, -0.05) is 60.7 Å². The maximum atomic E-state index is 12.5. The van der Waals surface area contributed by atoms with Crippen LogP contribution in [0.3, 0.4) is 0 Å². The number of carbonyl (C=O) groups is 1. The molecule has 7 heteroatoms. The quantitative estimate of drug-likeness (QED) is 0.589. The molecular weight excluding hydrogens is 402 g/mol. The van der Waals surface area contributed by atoms with E-state index in [2.05, 4.69) is 44.5 Å². The highest BCUT2D eigenvalue weighted by Crippen LogP contribution is 2.08. The van der Waals surface area contributed by atoms with Crippen LogP contribution in [0.4, 0.5) is 0 Å². The van der Waals surface area contributed by atoms with E-state index in [4.69, 9.17) is 0 Å². The molecule has 2 aromatic carbocycles. The molecule has 0 saturated carbocycles. The summed E-state index contributed by atoms with van der Waals surface area (Å²) in [6, 6.07) is 23.0. The fraction of sp³-hybridized carbons (Fsp3) is 0.320. The number of amides is 1. The molecule has 1 aliphatic heterocycles. The highest BCUT2D eigenvalue weighted by atomic mass is 16.2. The van der Waals surface area contributed by atoms with Crippen LogP contribution >= 0.6 is 0 Å². The first-order valence-corrected chi connectivity index (χ1v) is 11.1. The van der Waals surface area contributed by atoms with E-state index in [9.17, 15) is 9.59 Å². The molecule has 4 rings (SSSR count). The van der Waals surface area contributed by atoms with E-state index in [-0.39, 0.29) is 17.2 Å². The van der Waals surface area contributed by atoms with E-state index in [1.807, 2.05) is 36.4 Å². The van der Waals surface area contributed by atoms with Gasteiger partial charge in [0, 0.05) is 51.9 Å². The molecule has 0 unspecified atom stereocenters. The Kier molecular flexibility index (Phi) is 7.42. The zero-order chi connectivity index (χ0) is 22.2. The summed E-state index contributed by atoms with van der Waals surface area (Å²) in [5, 5.41) is 7.19. The van der Waals surface area contributed by atoms with Crippen molar-refractivity contribution in [3.63, 3.8) is 0 Å². The normalized spacial score (nSPS) is 14.9. The number of rotatable bonds is 8. The van der Waals surface area contributed by atoms with Crippen molar-refractivity contribution in [3.05, 3.63) is 100.0 Å². The van der Waals surface area contributed by atoms with Crippen molar-refractivity contribution in [1.82, 2.24) is 24.9 Å². The standard InChI is InChI=1S/C25H29N5O2/c31-24-12-11-23(27-30(24)20-22-9-5-2-6-10-22)25(32)26-13-14-28-15-17-29(18-16-28)19-21-7-3-1-4-8-21/h1-12H,13-20H2,(H,26,32). The van der Waals surface area contributed by atoms with Gasteiger partial charge in [-0.15, -0.1) is 0 Å². The Balaban J connectivity index is 1.22. The molecule has 1 saturated heterocycles. The summed E-state index contributed by atoms with van der Waals surface area (Å²) in [5.74, 6) is -0.255. The first-order chi connectivity index (χ1) is 15.7. The highest BCUT2D eigenvalue weighted by Gasteiger charge is 2.17. The Morgan fingerprint density at radius 3 is 2.03 bits per heavy atom. The molecule has 32 heavy (non-hydrogen) atoms. The van der Waals surface area contributed by atoms with Crippen LogP contribution in [-0.2, 0) is 13.1 Å². The maximum absolute atomic E-state index is 12.5. The minimum absolute atomic E-state index is 0.223. The second-order valence-corrected chi connectivity index (χ2v) is 8.06. The number of benzene rings is 2. The van der Waals surface area contributed by atoms with Gasteiger partial charge in [-0.25, -0.2) is 4.68 Å². The third kappa shape index (κ3) is 6.12. The molecule has 166 valence electrons. The van der Waals surface area contributed by atoms with E-state index >= 15 is 0 Å². The van der Waals surface area contributed by atoms with Crippen LogP contribution in [0.15, 0.2) is 77.6 Å². The van der Waals surface area contributed by atoms with Crippen molar-refractivity contribution >= 4 is 5.91 Å². The van der Waals surface area contributed by atoms with Crippen molar-refractivity contribution in [2.24, 2.45) is 0 Å². The van der Waals surface area contributed by atoms with Gasteiger partial charge in [0.2, 0.25) is 0 Å². The van der Waals surface area contributed by atoms with E-state index in [0.717, 1.165) is 44.8 Å². The lowest BCUT2D eigenvalue weighted by Crippen LogP contribution is -2.48. The molecule has 1 aromatic heterocycles. The van der Waals surface area contributed by atoms with Gasteiger partial charge >= 0.3 is 0 Å². The summed E-state index contributed by atoms with van der Waals surface area (Å²) < 4.78 is 1.33. The fourth-order valence-electron chi connectivity index (χ4n) is 3.87. The molecule has 0 radical (unpaired) electrons. The molecule has 1 N–H and O–H groups in total. The lowest BCUT2D eigenvalue weighted by atomic mass is 10.2. The summed E-state index contributed by atoms with van der Waals surface area (Å²) in [7, 11) is 0. The van der Waals surface area contributed by atoms with E-state index in [0.29, 0.717) is 13.1 Å². The first-order valence-electron chi connectivity index (χ1n) is 11.1. The third-order valence-corrected chi connectivity index (χ3v) is 5.70. The molecule has 2 heterocycles. The third-order valence-electron chi connectivity index (χ3n) is 5.70. The van der Waals surface area contributed by atoms with Crippen LogP contribution in [0, 0.1) is 0 Å². The van der Waals surface area contributed by atoms with Gasteiger partial charge in [0.05, 0.1) is 6.54 Å². The predicted molar refractivity (Wildman–Crippen MR) is 125 cm³/mol. The smallest absolute Gasteiger partial charge is 0.271 e. The Labute approximate surface area is 188 Å². The minimum Gasteiger partial charge on any atom is -0.349 e. The number of piperazine rings is 1. The zero-order valence-electron chi connectivity index (χ0n) is 18.2. The number of nitrogens with zero attached hydrogens (tertiary/aromatic N) is 4. The second kappa shape index (κ2) is 10.8. The molecule has 1 amide bonds. The Morgan fingerprint density at radius 2 is 1.38 bits per heavy atom. The van der Waals surface area contributed by atoms with Crippen LogP contribution in [0.1, 0.15) is 21.6 Å². The molecule has 0 atom stereocenters. The van der Waals surface area contributed by atoms with Crippen molar-refractivity contribution in [2.45, 2.75) is 13.1 Å². The summed E-state index contributed by atoms with van der Waals surface area (Å²) in [6.07, 6.45) is 0. The van der Waals surface area contributed by atoms with E-state index in [1.54, 1.807) is 0 Å². The van der Waals surface area contributed by atoms with Gasteiger partial charge in [-0.2, -0.15) is 5.10 Å². The lowest BCUT2D eigenvalue weighted by molar-refractivity contribution is 0.0927. The number of hydrogen-bond donors (Lipinski definition) is 1. The average molecular weight is 432 g/mol. The predicted octanol–water partition coefficient (Wildman–Crippen LogP) is 1.84. The van der Waals surface area contributed by atoms with Crippen LogP contribution in [0.2, 0.25) is 0 Å². The minimum atomic E-state index is -0.255. The van der Waals surface area contributed by atoms with Crippen LogP contribution in [0.25, 0.3) is 0 Å².